The molecule has 1 heterocycles. The van der Waals surface area contributed by atoms with Crippen molar-refractivity contribution in [2.24, 2.45) is 5.73 Å². The van der Waals surface area contributed by atoms with Gasteiger partial charge in [0.25, 0.3) is 0 Å². The fraction of sp³-hybridized carbons (Fsp3) is 0.538. The molecule has 3 nitrogen and oxygen atoms in total. The number of benzene rings is 1. The molecule has 1 aliphatic heterocycles. The maximum Gasteiger partial charge on any atom is 0.166 e. The molecule has 0 saturated heterocycles. The van der Waals surface area contributed by atoms with Gasteiger partial charge in [0.1, 0.15) is 13.2 Å². The first-order valence-electron chi connectivity index (χ1n) is 6.06. The third kappa shape index (κ3) is 1.69. The lowest BCUT2D eigenvalue weighted by Crippen LogP contribution is -2.24. The van der Waals surface area contributed by atoms with Gasteiger partial charge in [0, 0.05) is 22.7 Å². The first-order valence-corrected chi connectivity index (χ1v) is 6.43. The summed E-state index contributed by atoms with van der Waals surface area (Å²) in [5, 5.41) is 0.756. The van der Waals surface area contributed by atoms with Gasteiger partial charge in [-0.2, -0.15) is 0 Å². The summed E-state index contributed by atoms with van der Waals surface area (Å²) in [7, 11) is 0. The Hall–Kier alpha value is -0.930. The largest absolute Gasteiger partial charge is 0.486 e. The molecule has 2 aliphatic rings. The molecule has 2 N–H and O–H groups in total. The Labute approximate surface area is 106 Å². The summed E-state index contributed by atoms with van der Waals surface area (Å²) in [5.41, 5.74) is 8.42. The lowest BCUT2D eigenvalue weighted by Gasteiger charge is -2.32. The van der Waals surface area contributed by atoms with E-state index in [4.69, 9.17) is 26.8 Å². The Balaban J connectivity index is 2.24. The zero-order chi connectivity index (χ0) is 12.0. The Bertz CT molecular complexity index is 461. The van der Waals surface area contributed by atoms with Crippen LogP contribution >= 0.6 is 11.6 Å². The fourth-order valence-corrected chi connectivity index (χ4v) is 3.17. The molecule has 0 aromatic heterocycles. The summed E-state index contributed by atoms with van der Waals surface area (Å²) < 4.78 is 11.3. The highest BCUT2D eigenvalue weighted by molar-refractivity contribution is 6.31. The predicted octanol–water partition coefficient (Wildman–Crippen LogP) is 3.01. The predicted molar refractivity (Wildman–Crippen MR) is 67.0 cm³/mol. The lowest BCUT2D eigenvalue weighted by molar-refractivity contribution is 0.168. The molecule has 1 aromatic rings. The molecular formula is C13H16ClNO2. The zero-order valence-electron chi connectivity index (χ0n) is 9.83. The first kappa shape index (κ1) is 11.2. The minimum absolute atomic E-state index is 0.00958. The quantitative estimate of drug-likeness (QED) is 0.773. The Morgan fingerprint density at radius 1 is 1.24 bits per heavy atom. The molecule has 2 atom stereocenters. The van der Waals surface area contributed by atoms with Gasteiger partial charge in [-0.1, -0.05) is 18.5 Å². The van der Waals surface area contributed by atoms with Gasteiger partial charge in [0.2, 0.25) is 0 Å². The minimum atomic E-state index is 0.00958. The monoisotopic (exact) mass is 253 g/mol. The average Bonchev–Trinajstić information content (AvgIpc) is 2.33. The van der Waals surface area contributed by atoms with E-state index in [0.29, 0.717) is 19.1 Å². The van der Waals surface area contributed by atoms with Crippen LogP contribution in [-0.2, 0) is 0 Å². The van der Waals surface area contributed by atoms with E-state index in [1.54, 1.807) is 0 Å². The Kier molecular flexibility index (Phi) is 2.68. The van der Waals surface area contributed by atoms with Crippen LogP contribution in [0.3, 0.4) is 0 Å². The molecule has 0 bridgehead atoms. The standard InChI is InChI=1S/C13H16ClNO2/c1-7-2-3-9(15)12-11(7)8(14)6-10-13(12)17-5-4-16-10/h6-7,9H,2-5,15H2,1H3/t7?,9-/m0/s1. The van der Waals surface area contributed by atoms with Crippen LogP contribution in [-0.4, -0.2) is 13.2 Å². The lowest BCUT2D eigenvalue weighted by atomic mass is 9.80. The van der Waals surface area contributed by atoms with Crippen molar-refractivity contribution >= 4 is 11.6 Å². The van der Waals surface area contributed by atoms with Crippen LogP contribution in [0.2, 0.25) is 5.02 Å². The van der Waals surface area contributed by atoms with Gasteiger partial charge in [0.05, 0.1) is 0 Å². The van der Waals surface area contributed by atoms with Gasteiger partial charge in [-0.25, -0.2) is 0 Å². The van der Waals surface area contributed by atoms with E-state index >= 15 is 0 Å². The van der Waals surface area contributed by atoms with Crippen LogP contribution in [0.15, 0.2) is 6.07 Å². The van der Waals surface area contributed by atoms with Gasteiger partial charge in [0.15, 0.2) is 11.5 Å². The van der Waals surface area contributed by atoms with Crippen LogP contribution in [0, 0.1) is 0 Å². The first-order chi connectivity index (χ1) is 8.18. The molecule has 1 aliphatic carbocycles. The van der Waals surface area contributed by atoms with Gasteiger partial charge in [-0.05, 0) is 24.3 Å². The molecule has 92 valence electrons. The van der Waals surface area contributed by atoms with Crippen molar-refractivity contribution in [1.29, 1.82) is 0 Å². The number of ether oxygens (including phenoxy) is 2. The molecule has 17 heavy (non-hydrogen) atoms. The molecule has 0 fully saturated rings. The van der Waals surface area contributed by atoms with E-state index < -0.39 is 0 Å². The van der Waals surface area contributed by atoms with Crippen molar-refractivity contribution in [3.8, 4) is 11.5 Å². The highest BCUT2D eigenvalue weighted by Gasteiger charge is 2.31. The molecule has 4 heteroatoms. The van der Waals surface area contributed by atoms with Crippen LogP contribution < -0.4 is 15.2 Å². The maximum absolute atomic E-state index is 6.35. The highest BCUT2D eigenvalue weighted by atomic mass is 35.5. The zero-order valence-corrected chi connectivity index (χ0v) is 10.6. The topological polar surface area (TPSA) is 44.5 Å². The summed E-state index contributed by atoms with van der Waals surface area (Å²) in [6, 6.07) is 1.87. The molecule has 1 unspecified atom stereocenters. The smallest absolute Gasteiger partial charge is 0.166 e. The number of hydrogen-bond acceptors (Lipinski definition) is 3. The third-order valence-corrected chi connectivity index (χ3v) is 3.95. The summed E-state index contributed by atoms with van der Waals surface area (Å²) >= 11 is 6.35. The number of hydrogen-bond donors (Lipinski definition) is 1. The van der Waals surface area contributed by atoms with Crippen LogP contribution in [0.5, 0.6) is 11.5 Å². The van der Waals surface area contributed by atoms with E-state index in [1.165, 1.54) is 0 Å². The van der Waals surface area contributed by atoms with Gasteiger partial charge in [-0.3, -0.25) is 0 Å². The van der Waals surface area contributed by atoms with Crippen LogP contribution in [0.1, 0.15) is 42.9 Å². The number of fused-ring (bicyclic) bond motifs is 3. The van der Waals surface area contributed by atoms with E-state index in [-0.39, 0.29) is 6.04 Å². The number of nitrogens with two attached hydrogens (primary N) is 1. The molecule has 1 aromatic carbocycles. The highest BCUT2D eigenvalue weighted by Crippen LogP contribution is 2.49. The maximum atomic E-state index is 6.35. The van der Waals surface area contributed by atoms with Crippen molar-refractivity contribution in [1.82, 2.24) is 0 Å². The van der Waals surface area contributed by atoms with Crippen molar-refractivity contribution in [3.63, 3.8) is 0 Å². The number of halogens is 1. The van der Waals surface area contributed by atoms with Gasteiger partial charge < -0.3 is 15.2 Å². The molecular weight excluding hydrogens is 238 g/mol. The molecule has 3 rings (SSSR count). The van der Waals surface area contributed by atoms with Gasteiger partial charge >= 0.3 is 0 Å². The number of rotatable bonds is 0. The summed E-state index contributed by atoms with van der Waals surface area (Å²) in [5.74, 6) is 1.99. The summed E-state index contributed by atoms with van der Waals surface area (Å²) in [6.07, 6.45) is 2.05. The van der Waals surface area contributed by atoms with Crippen molar-refractivity contribution in [2.45, 2.75) is 31.7 Å². The SMILES string of the molecule is CC1CC[C@H](N)c2c3c(cc(Cl)c21)OCCO3. The van der Waals surface area contributed by atoms with E-state index in [0.717, 1.165) is 40.5 Å². The molecule has 0 radical (unpaired) electrons. The second-order valence-corrected chi connectivity index (χ2v) is 5.20. The summed E-state index contributed by atoms with van der Waals surface area (Å²) in [4.78, 5) is 0. The normalized spacial score (nSPS) is 26.5. The third-order valence-electron chi connectivity index (χ3n) is 3.64. The van der Waals surface area contributed by atoms with Crippen molar-refractivity contribution in [2.75, 3.05) is 13.2 Å². The van der Waals surface area contributed by atoms with Crippen LogP contribution in [0.4, 0.5) is 0 Å². The molecule has 0 spiro atoms. The molecule has 0 amide bonds. The average molecular weight is 254 g/mol. The summed E-state index contributed by atoms with van der Waals surface area (Å²) in [6.45, 7) is 3.35. The van der Waals surface area contributed by atoms with E-state index in [1.807, 2.05) is 6.07 Å². The second kappa shape index (κ2) is 4.07. The van der Waals surface area contributed by atoms with Crippen molar-refractivity contribution < 1.29 is 9.47 Å². The fourth-order valence-electron chi connectivity index (χ4n) is 2.78. The Morgan fingerprint density at radius 2 is 2.00 bits per heavy atom. The van der Waals surface area contributed by atoms with E-state index in [9.17, 15) is 0 Å². The Morgan fingerprint density at radius 3 is 2.82 bits per heavy atom. The van der Waals surface area contributed by atoms with Crippen LogP contribution in [0.25, 0.3) is 0 Å². The van der Waals surface area contributed by atoms with E-state index in [2.05, 4.69) is 6.92 Å². The second-order valence-electron chi connectivity index (χ2n) is 4.79. The van der Waals surface area contributed by atoms with Gasteiger partial charge in [-0.15, -0.1) is 0 Å². The minimum Gasteiger partial charge on any atom is -0.486 e. The van der Waals surface area contributed by atoms with Crippen molar-refractivity contribution in [3.05, 3.63) is 22.2 Å². The molecule has 0 saturated carbocycles.